The average molecular weight is 249 g/mol. The molecule has 18 heavy (non-hydrogen) atoms. The zero-order chi connectivity index (χ0) is 13.7. The van der Waals surface area contributed by atoms with Crippen LogP contribution in [0.15, 0.2) is 18.2 Å². The Kier molecular flexibility index (Phi) is 4.21. The molecule has 2 N–H and O–H groups in total. The van der Waals surface area contributed by atoms with E-state index in [1.165, 1.54) is 18.2 Å². The number of benzene rings is 1. The summed E-state index contributed by atoms with van der Waals surface area (Å²) in [6, 6.07) is 5.28. The first-order valence-corrected chi connectivity index (χ1v) is 5.11. The van der Waals surface area contributed by atoms with Crippen molar-refractivity contribution < 1.29 is 14.8 Å². The van der Waals surface area contributed by atoms with Crippen LogP contribution in [0.4, 0.5) is 11.4 Å². The third kappa shape index (κ3) is 3.45. The first-order valence-electron chi connectivity index (χ1n) is 5.11. The Hall–Kier alpha value is -2.62. The van der Waals surface area contributed by atoms with Crippen LogP contribution >= 0.6 is 0 Å². The molecule has 0 saturated carbocycles. The number of hydrogen-bond acceptors (Lipinski definition) is 5. The zero-order valence-corrected chi connectivity index (χ0v) is 9.58. The summed E-state index contributed by atoms with van der Waals surface area (Å²) < 4.78 is 0. The van der Waals surface area contributed by atoms with Crippen LogP contribution in [-0.2, 0) is 4.79 Å². The fourth-order valence-corrected chi connectivity index (χ4v) is 1.46. The number of carboxylic acids is 1. The van der Waals surface area contributed by atoms with Gasteiger partial charge >= 0.3 is 5.97 Å². The molecular formula is C11H11N3O4. The van der Waals surface area contributed by atoms with Gasteiger partial charge in [-0.25, -0.2) is 0 Å². The van der Waals surface area contributed by atoms with Crippen molar-refractivity contribution in [3.8, 4) is 6.07 Å². The number of carbonyl (C=O) groups is 1. The summed E-state index contributed by atoms with van der Waals surface area (Å²) in [6.07, 6.45) is -0.173. The van der Waals surface area contributed by atoms with E-state index in [9.17, 15) is 14.9 Å². The minimum atomic E-state index is -1.01. The van der Waals surface area contributed by atoms with Crippen molar-refractivity contribution in [3.63, 3.8) is 0 Å². The second kappa shape index (κ2) is 5.63. The summed E-state index contributed by atoms with van der Waals surface area (Å²) >= 11 is 0. The van der Waals surface area contributed by atoms with Crippen LogP contribution in [0, 0.1) is 21.4 Å². The molecule has 0 heterocycles. The van der Waals surface area contributed by atoms with Crippen molar-refractivity contribution >= 4 is 17.3 Å². The fourth-order valence-electron chi connectivity index (χ4n) is 1.46. The van der Waals surface area contributed by atoms with Crippen LogP contribution in [0.3, 0.4) is 0 Å². The van der Waals surface area contributed by atoms with Crippen molar-refractivity contribution in [1.29, 1.82) is 5.26 Å². The highest BCUT2D eigenvalue weighted by molar-refractivity contribution is 5.70. The summed E-state index contributed by atoms with van der Waals surface area (Å²) in [5.41, 5.74) is 0.227. The van der Waals surface area contributed by atoms with Gasteiger partial charge in [0.1, 0.15) is 5.69 Å². The number of carboxylic acid groups (broad SMARTS) is 1. The van der Waals surface area contributed by atoms with E-state index in [0.29, 0.717) is 0 Å². The highest BCUT2D eigenvalue weighted by atomic mass is 16.6. The quantitative estimate of drug-likeness (QED) is 0.606. The van der Waals surface area contributed by atoms with E-state index in [1.54, 1.807) is 6.92 Å². The molecule has 0 aliphatic rings. The molecule has 0 aliphatic heterocycles. The molecule has 0 bridgehead atoms. The number of aliphatic carboxylic acids is 1. The maximum atomic E-state index is 10.8. The number of nitro groups is 1. The van der Waals surface area contributed by atoms with Crippen LogP contribution in [0.5, 0.6) is 0 Å². The largest absolute Gasteiger partial charge is 0.481 e. The molecule has 0 aromatic heterocycles. The second-order valence-electron chi connectivity index (χ2n) is 3.74. The number of anilines is 1. The molecular weight excluding hydrogens is 238 g/mol. The van der Waals surface area contributed by atoms with Gasteiger partial charge in [-0.1, -0.05) is 0 Å². The van der Waals surface area contributed by atoms with Crippen LogP contribution in [0.1, 0.15) is 18.9 Å². The molecule has 7 nitrogen and oxygen atoms in total. The van der Waals surface area contributed by atoms with Crippen molar-refractivity contribution in [2.45, 2.75) is 19.4 Å². The summed E-state index contributed by atoms with van der Waals surface area (Å²) in [7, 11) is 0. The van der Waals surface area contributed by atoms with E-state index >= 15 is 0 Å². The molecule has 1 rings (SSSR count). The van der Waals surface area contributed by atoms with Gasteiger partial charge < -0.3 is 10.4 Å². The molecule has 0 amide bonds. The van der Waals surface area contributed by atoms with Crippen molar-refractivity contribution in [3.05, 3.63) is 33.9 Å². The van der Waals surface area contributed by atoms with E-state index in [1.807, 2.05) is 6.07 Å². The highest BCUT2D eigenvalue weighted by Gasteiger charge is 2.17. The Morgan fingerprint density at radius 1 is 1.67 bits per heavy atom. The number of rotatable bonds is 5. The van der Waals surface area contributed by atoms with Gasteiger partial charge in [-0.15, -0.1) is 0 Å². The lowest BCUT2D eigenvalue weighted by Gasteiger charge is -2.13. The topological polar surface area (TPSA) is 116 Å². The van der Waals surface area contributed by atoms with Crippen LogP contribution in [0.2, 0.25) is 0 Å². The third-order valence-corrected chi connectivity index (χ3v) is 2.21. The zero-order valence-electron chi connectivity index (χ0n) is 9.58. The molecule has 0 aliphatic carbocycles. The lowest BCUT2D eigenvalue weighted by molar-refractivity contribution is -0.384. The van der Waals surface area contributed by atoms with Gasteiger partial charge in [0.2, 0.25) is 0 Å². The molecule has 0 saturated heterocycles. The van der Waals surface area contributed by atoms with E-state index in [4.69, 9.17) is 10.4 Å². The predicted molar refractivity (Wildman–Crippen MR) is 63.1 cm³/mol. The van der Waals surface area contributed by atoms with Gasteiger partial charge in [0, 0.05) is 12.1 Å². The van der Waals surface area contributed by atoms with Crippen molar-refractivity contribution in [1.82, 2.24) is 0 Å². The standard InChI is InChI=1S/C11H11N3O4/c1-7(4-11(15)16)13-9-5-8(6-12)2-3-10(9)14(17)18/h2-3,5,7,13H,4H2,1H3,(H,15,16). The van der Waals surface area contributed by atoms with E-state index < -0.39 is 16.9 Å². The predicted octanol–water partition coefficient (Wildman–Crippen LogP) is 1.74. The van der Waals surface area contributed by atoms with Gasteiger partial charge in [0.25, 0.3) is 5.69 Å². The number of nitrogens with zero attached hydrogens (tertiary/aromatic N) is 2. The van der Waals surface area contributed by atoms with Crippen LogP contribution < -0.4 is 5.32 Å². The Bertz CT molecular complexity index is 522. The molecule has 94 valence electrons. The van der Waals surface area contributed by atoms with E-state index in [2.05, 4.69) is 5.32 Å². The first-order chi connectivity index (χ1) is 8.43. The minimum Gasteiger partial charge on any atom is -0.481 e. The van der Waals surface area contributed by atoms with Gasteiger partial charge in [-0.2, -0.15) is 5.26 Å². The van der Waals surface area contributed by atoms with Crippen LogP contribution in [-0.4, -0.2) is 22.0 Å². The summed E-state index contributed by atoms with van der Waals surface area (Å²) in [6.45, 7) is 1.59. The molecule has 1 atom stereocenters. The summed E-state index contributed by atoms with van der Waals surface area (Å²) in [5, 5.41) is 30.9. The van der Waals surface area contributed by atoms with Gasteiger partial charge in [-0.3, -0.25) is 14.9 Å². The number of nitriles is 1. The number of nitro benzene ring substituents is 1. The molecule has 0 radical (unpaired) electrons. The Morgan fingerprint density at radius 2 is 2.33 bits per heavy atom. The van der Waals surface area contributed by atoms with E-state index in [-0.39, 0.29) is 23.4 Å². The Labute approximate surface area is 103 Å². The van der Waals surface area contributed by atoms with Crippen molar-refractivity contribution in [2.24, 2.45) is 0 Å². The molecule has 1 aromatic carbocycles. The minimum absolute atomic E-state index is 0.146. The summed E-state index contributed by atoms with van der Waals surface area (Å²) in [5.74, 6) is -1.01. The Morgan fingerprint density at radius 3 is 2.83 bits per heavy atom. The average Bonchev–Trinajstić information content (AvgIpc) is 2.27. The van der Waals surface area contributed by atoms with Crippen LogP contribution in [0.25, 0.3) is 0 Å². The first kappa shape index (κ1) is 13.4. The maximum absolute atomic E-state index is 10.8. The van der Waals surface area contributed by atoms with Gasteiger partial charge in [-0.05, 0) is 19.1 Å². The summed E-state index contributed by atoms with van der Waals surface area (Å²) in [4.78, 5) is 20.7. The third-order valence-electron chi connectivity index (χ3n) is 2.21. The molecule has 0 spiro atoms. The van der Waals surface area contributed by atoms with Gasteiger partial charge in [0.15, 0.2) is 0 Å². The monoisotopic (exact) mass is 249 g/mol. The number of nitrogens with one attached hydrogen (secondary N) is 1. The molecule has 1 aromatic rings. The normalized spacial score (nSPS) is 11.3. The lowest BCUT2D eigenvalue weighted by atomic mass is 10.1. The fraction of sp³-hybridized carbons (Fsp3) is 0.273. The van der Waals surface area contributed by atoms with E-state index in [0.717, 1.165) is 0 Å². The smallest absolute Gasteiger partial charge is 0.305 e. The lowest BCUT2D eigenvalue weighted by Crippen LogP contribution is -2.20. The molecule has 0 fully saturated rings. The second-order valence-corrected chi connectivity index (χ2v) is 3.74. The SMILES string of the molecule is CC(CC(=O)O)Nc1cc(C#N)ccc1[N+](=O)[O-]. The number of hydrogen-bond donors (Lipinski definition) is 2. The highest BCUT2D eigenvalue weighted by Crippen LogP contribution is 2.26. The Balaban J connectivity index is 3.01. The molecule has 1 unspecified atom stereocenters. The van der Waals surface area contributed by atoms with Crippen molar-refractivity contribution in [2.75, 3.05) is 5.32 Å². The molecule has 7 heteroatoms. The van der Waals surface area contributed by atoms with Gasteiger partial charge in [0.05, 0.1) is 23.0 Å². The maximum Gasteiger partial charge on any atom is 0.305 e.